The largest absolute Gasteiger partial charge is 0.445 e. The number of carbonyl (C=O) groups excluding carboxylic acids is 1. The zero-order valence-electron chi connectivity index (χ0n) is 26.6. The van der Waals surface area contributed by atoms with Crippen LogP contribution in [0.1, 0.15) is 25.3 Å². The maximum Gasteiger partial charge on any atom is 0.407 e. The van der Waals surface area contributed by atoms with Gasteiger partial charge in [-0.1, -0.05) is 91.8 Å². The van der Waals surface area contributed by atoms with Crippen LogP contribution in [0.15, 0.2) is 114 Å². The summed E-state index contributed by atoms with van der Waals surface area (Å²) in [6.07, 6.45) is 4.25. The summed E-state index contributed by atoms with van der Waals surface area (Å²) in [6.45, 7) is 8.69. The van der Waals surface area contributed by atoms with Gasteiger partial charge in [0.25, 0.3) is 10.0 Å². The molecule has 3 heterocycles. The monoisotopic (exact) mass is 684 g/mol. The second-order valence-corrected chi connectivity index (χ2v) is 14.0. The van der Waals surface area contributed by atoms with Gasteiger partial charge in [0.1, 0.15) is 6.61 Å². The normalized spacial score (nSPS) is 15.3. The van der Waals surface area contributed by atoms with E-state index in [9.17, 15) is 13.2 Å². The van der Waals surface area contributed by atoms with Gasteiger partial charge in [-0.25, -0.2) is 27.2 Å². The van der Waals surface area contributed by atoms with Crippen LogP contribution in [0.25, 0.3) is 22.2 Å². The Morgan fingerprint density at radius 2 is 1.77 bits per heavy atom. The smallest absolute Gasteiger partial charge is 0.407 e. The number of hydrogen-bond acceptors (Lipinski definition) is 8. The lowest BCUT2D eigenvalue weighted by Gasteiger charge is -2.26. The van der Waals surface area contributed by atoms with E-state index in [4.69, 9.17) is 21.3 Å². The van der Waals surface area contributed by atoms with Crippen molar-refractivity contribution < 1.29 is 17.9 Å². The minimum absolute atomic E-state index is 0.0638. The molecule has 3 aromatic carbocycles. The molecule has 5 aromatic rings. The van der Waals surface area contributed by atoms with E-state index >= 15 is 0 Å². The van der Waals surface area contributed by atoms with E-state index in [-0.39, 0.29) is 23.5 Å². The van der Waals surface area contributed by atoms with E-state index in [1.807, 2.05) is 42.5 Å². The van der Waals surface area contributed by atoms with Gasteiger partial charge in [-0.2, -0.15) is 0 Å². The fraction of sp³-hybridized carbons (Fsp3) is 0.250. The number of ether oxygens (including phenoxy) is 1. The van der Waals surface area contributed by atoms with E-state index in [1.54, 1.807) is 48.7 Å². The zero-order chi connectivity index (χ0) is 33.7. The standard InChI is InChI=1S/C36H37ClN6O4S/c1-25(17-19-38-36(44)47-24-27-11-5-3-6-12-27)26(2)42-20-18-28(22-42)40-35-39-21-32(37)34(41-35)31-23-43(33-16-10-9-15-30(31)33)48(45,46)29-13-7-4-8-14-29/h3-16,21,23,25,28H,2,17-20,22,24H2,1H3,(H,38,44)(H,39,40,41)/t25?,28-/m0/s1. The van der Waals surface area contributed by atoms with Crippen molar-refractivity contribution in [3.05, 3.63) is 120 Å². The summed E-state index contributed by atoms with van der Waals surface area (Å²) in [5.74, 6) is 0.557. The van der Waals surface area contributed by atoms with Crippen molar-refractivity contribution in [1.82, 2.24) is 24.2 Å². The number of alkyl carbamates (subject to hydrolysis) is 1. The van der Waals surface area contributed by atoms with Gasteiger partial charge < -0.3 is 20.3 Å². The van der Waals surface area contributed by atoms with Crippen molar-refractivity contribution in [3.8, 4) is 11.3 Å². The molecule has 2 atom stereocenters. The van der Waals surface area contributed by atoms with Crippen LogP contribution in [0, 0.1) is 5.92 Å². The number of hydrogen-bond donors (Lipinski definition) is 2. The van der Waals surface area contributed by atoms with E-state index in [0.29, 0.717) is 46.2 Å². The SMILES string of the molecule is C=C(C(C)CCNC(=O)OCc1ccccc1)N1CC[C@H](Nc2ncc(Cl)c(-c3cn(S(=O)(=O)c4ccccc4)c4ccccc34)n2)C1. The maximum atomic E-state index is 13.6. The van der Waals surface area contributed by atoms with Gasteiger partial charge in [0, 0.05) is 48.5 Å². The molecule has 1 saturated heterocycles. The number of amides is 1. The third-order valence-corrected chi connectivity index (χ3v) is 10.5. The number of fused-ring (bicyclic) bond motifs is 1. The van der Waals surface area contributed by atoms with Gasteiger partial charge >= 0.3 is 6.09 Å². The Hall–Kier alpha value is -4.87. The van der Waals surface area contributed by atoms with Crippen molar-refractivity contribution in [2.45, 2.75) is 37.3 Å². The third-order valence-electron chi connectivity index (χ3n) is 8.53. The van der Waals surface area contributed by atoms with E-state index in [2.05, 4.69) is 34.0 Å². The quantitative estimate of drug-likeness (QED) is 0.145. The highest BCUT2D eigenvalue weighted by atomic mass is 35.5. The number of anilines is 1. The second-order valence-electron chi connectivity index (χ2n) is 11.8. The molecule has 48 heavy (non-hydrogen) atoms. The fourth-order valence-corrected chi connectivity index (χ4v) is 7.42. The Morgan fingerprint density at radius 3 is 2.54 bits per heavy atom. The van der Waals surface area contributed by atoms with Crippen LogP contribution in [0.2, 0.25) is 5.02 Å². The molecule has 0 spiro atoms. The first-order valence-corrected chi connectivity index (χ1v) is 17.6. The van der Waals surface area contributed by atoms with Crippen molar-refractivity contribution in [2.75, 3.05) is 25.0 Å². The van der Waals surface area contributed by atoms with E-state index in [1.165, 1.54) is 10.2 Å². The molecule has 0 bridgehead atoms. The molecular weight excluding hydrogens is 648 g/mol. The number of carbonyl (C=O) groups is 1. The summed E-state index contributed by atoms with van der Waals surface area (Å²) in [6, 6.07) is 25.2. The minimum atomic E-state index is -3.87. The van der Waals surface area contributed by atoms with Gasteiger partial charge in [0.2, 0.25) is 5.95 Å². The van der Waals surface area contributed by atoms with Crippen LogP contribution < -0.4 is 10.6 Å². The first kappa shape index (κ1) is 33.0. The van der Waals surface area contributed by atoms with Crippen molar-refractivity contribution in [1.29, 1.82) is 0 Å². The molecule has 12 heteroatoms. The molecule has 2 N–H and O–H groups in total. The average molecular weight is 685 g/mol. The number of nitrogens with one attached hydrogen (secondary N) is 2. The van der Waals surface area contributed by atoms with E-state index in [0.717, 1.165) is 30.6 Å². The second kappa shape index (κ2) is 14.5. The highest BCUT2D eigenvalue weighted by Crippen LogP contribution is 2.36. The molecule has 1 aliphatic heterocycles. The van der Waals surface area contributed by atoms with E-state index < -0.39 is 16.1 Å². The predicted octanol–water partition coefficient (Wildman–Crippen LogP) is 6.94. The summed E-state index contributed by atoms with van der Waals surface area (Å²) < 4.78 is 33.8. The number of allylic oxidation sites excluding steroid dienone is 1. The molecule has 248 valence electrons. The van der Waals surface area contributed by atoms with Gasteiger partial charge in [-0.15, -0.1) is 0 Å². The summed E-state index contributed by atoms with van der Waals surface area (Å²) >= 11 is 6.63. The fourth-order valence-electron chi connectivity index (χ4n) is 5.83. The average Bonchev–Trinajstić information content (AvgIpc) is 3.74. The number of halogens is 1. The van der Waals surface area contributed by atoms with Gasteiger partial charge in [-0.3, -0.25) is 0 Å². The summed E-state index contributed by atoms with van der Waals surface area (Å²) in [4.78, 5) is 23.8. The lowest BCUT2D eigenvalue weighted by Crippen LogP contribution is -2.30. The van der Waals surface area contributed by atoms with Crippen LogP contribution >= 0.6 is 11.6 Å². The Bertz CT molecular complexity index is 2020. The van der Waals surface area contributed by atoms with Crippen molar-refractivity contribution in [2.24, 2.45) is 5.92 Å². The maximum absolute atomic E-state index is 13.6. The van der Waals surface area contributed by atoms with Crippen LogP contribution in [-0.4, -0.2) is 59.0 Å². The molecule has 0 saturated carbocycles. The summed E-state index contributed by atoms with van der Waals surface area (Å²) in [5, 5.41) is 7.29. The first-order valence-electron chi connectivity index (χ1n) is 15.8. The highest BCUT2D eigenvalue weighted by Gasteiger charge is 2.27. The van der Waals surface area contributed by atoms with Crippen LogP contribution in [0.4, 0.5) is 10.7 Å². The molecule has 1 fully saturated rings. The number of rotatable bonds is 12. The molecule has 1 aliphatic rings. The van der Waals surface area contributed by atoms with Crippen molar-refractivity contribution in [3.63, 3.8) is 0 Å². The minimum Gasteiger partial charge on any atom is -0.445 e. The third kappa shape index (κ3) is 7.32. The predicted molar refractivity (Wildman–Crippen MR) is 188 cm³/mol. The van der Waals surface area contributed by atoms with Crippen LogP contribution in [-0.2, 0) is 21.4 Å². The number of likely N-dealkylation sites (tertiary alicyclic amines) is 1. The Kier molecular flexibility index (Phi) is 9.98. The molecule has 10 nitrogen and oxygen atoms in total. The van der Waals surface area contributed by atoms with Gasteiger partial charge in [0.15, 0.2) is 0 Å². The Balaban J connectivity index is 1.08. The summed E-state index contributed by atoms with van der Waals surface area (Å²) in [5.41, 5.74) is 3.50. The number of benzene rings is 3. The van der Waals surface area contributed by atoms with Crippen molar-refractivity contribution >= 4 is 44.6 Å². The molecule has 2 aromatic heterocycles. The number of nitrogens with zero attached hydrogens (tertiary/aromatic N) is 4. The highest BCUT2D eigenvalue weighted by molar-refractivity contribution is 7.90. The van der Waals surface area contributed by atoms with Gasteiger partial charge in [-0.05, 0) is 42.5 Å². The molecule has 0 radical (unpaired) electrons. The molecule has 6 rings (SSSR count). The summed E-state index contributed by atoms with van der Waals surface area (Å²) in [7, 11) is -3.87. The Labute approximate surface area is 285 Å². The van der Waals surface area contributed by atoms with Gasteiger partial charge in [0.05, 0.1) is 27.3 Å². The first-order chi connectivity index (χ1) is 23.2. The molecule has 1 unspecified atom stereocenters. The molecular formula is C36H37ClN6O4S. The number of para-hydroxylation sites is 1. The lowest BCUT2D eigenvalue weighted by atomic mass is 10.0. The van der Waals surface area contributed by atoms with Crippen LogP contribution in [0.3, 0.4) is 0 Å². The lowest BCUT2D eigenvalue weighted by molar-refractivity contribution is 0.139. The Morgan fingerprint density at radius 1 is 1.06 bits per heavy atom. The molecule has 0 aliphatic carbocycles. The zero-order valence-corrected chi connectivity index (χ0v) is 28.1. The topological polar surface area (TPSA) is 118 Å². The molecule has 1 amide bonds. The number of aromatic nitrogens is 3. The van der Waals surface area contributed by atoms with Crippen LogP contribution in [0.5, 0.6) is 0 Å².